The molecule has 0 radical (unpaired) electrons. The highest BCUT2D eigenvalue weighted by molar-refractivity contribution is 5.81. The Morgan fingerprint density at radius 2 is 1.82 bits per heavy atom. The minimum absolute atomic E-state index is 0.0730. The van der Waals surface area contributed by atoms with Gasteiger partial charge >= 0.3 is 18.2 Å². The smallest absolute Gasteiger partial charge is 0.410 e. The van der Waals surface area contributed by atoms with Crippen LogP contribution in [0.3, 0.4) is 0 Å². The molecule has 3 atom stereocenters. The predicted octanol–water partition coefficient (Wildman–Crippen LogP) is 4.53. The molecule has 0 spiro atoms. The van der Waals surface area contributed by atoms with Gasteiger partial charge in [-0.25, -0.2) is 14.4 Å². The molecule has 1 unspecified atom stereocenters. The molecule has 1 heterocycles. The van der Waals surface area contributed by atoms with Gasteiger partial charge in [0.1, 0.15) is 18.2 Å². The standard InChI is InChI=1S/C25H36N2O6/c1-7-11-20-14-15-21(27(20)24(30)33-25(3,4)5)16-26(18(2)22(28)31-6)23(29)32-17-19-12-9-8-10-13-19/h7-10,12-13,18,20-21H,1,11,14-17H2,2-6H3/t18-,20+,21?/m0/s1. The van der Waals surface area contributed by atoms with Gasteiger partial charge in [0.2, 0.25) is 0 Å². The van der Waals surface area contributed by atoms with Crippen molar-refractivity contribution in [3.8, 4) is 0 Å². The lowest BCUT2D eigenvalue weighted by atomic mass is 10.1. The third kappa shape index (κ3) is 7.51. The molecule has 2 rings (SSSR count). The minimum atomic E-state index is -0.878. The molecule has 0 N–H and O–H groups in total. The van der Waals surface area contributed by atoms with E-state index >= 15 is 0 Å². The molecule has 182 valence electrons. The SMILES string of the molecule is C=CC[C@@H]1CCC(CN(C(=O)OCc2ccccc2)[C@@H](C)C(=O)OC)N1C(=O)OC(C)(C)C. The fourth-order valence-corrected chi connectivity index (χ4v) is 3.89. The van der Waals surface area contributed by atoms with Crippen LogP contribution in [-0.2, 0) is 25.6 Å². The summed E-state index contributed by atoms with van der Waals surface area (Å²) in [5, 5.41) is 0. The highest BCUT2D eigenvalue weighted by Gasteiger charge is 2.41. The summed E-state index contributed by atoms with van der Waals surface area (Å²) in [6, 6.07) is 7.99. The van der Waals surface area contributed by atoms with Crippen molar-refractivity contribution >= 4 is 18.2 Å². The van der Waals surface area contributed by atoms with Crippen LogP contribution in [0.5, 0.6) is 0 Å². The molecule has 0 aliphatic carbocycles. The zero-order valence-electron chi connectivity index (χ0n) is 20.3. The summed E-state index contributed by atoms with van der Waals surface area (Å²) >= 11 is 0. The number of ether oxygens (including phenoxy) is 3. The van der Waals surface area contributed by atoms with Crippen LogP contribution < -0.4 is 0 Å². The number of hydrogen-bond acceptors (Lipinski definition) is 6. The first-order valence-corrected chi connectivity index (χ1v) is 11.2. The number of carbonyl (C=O) groups is 3. The topological polar surface area (TPSA) is 85.4 Å². The van der Waals surface area contributed by atoms with E-state index < -0.39 is 29.8 Å². The number of methoxy groups -OCH3 is 1. The molecule has 1 aliphatic rings. The van der Waals surface area contributed by atoms with Gasteiger partial charge in [-0.1, -0.05) is 36.4 Å². The average molecular weight is 461 g/mol. The third-order valence-electron chi connectivity index (χ3n) is 5.52. The summed E-state index contributed by atoms with van der Waals surface area (Å²) in [4.78, 5) is 41.3. The molecule has 1 aliphatic heterocycles. The third-order valence-corrected chi connectivity index (χ3v) is 5.52. The van der Waals surface area contributed by atoms with E-state index in [0.29, 0.717) is 12.8 Å². The molecule has 2 amide bonds. The van der Waals surface area contributed by atoms with E-state index in [0.717, 1.165) is 12.0 Å². The maximum absolute atomic E-state index is 13.0. The molecule has 33 heavy (non-hydrogen) atoms. The first-order valence-electron chi connectivity index (χ1n) is 11.2. The average Bonchev–Trinajstić information content (AvgIpc) is 3.17. The second-order valence-electron chi connectivity index (χ2n) is 9.19. The molecule has 0 saturated carbocycles. The fraction of sp³-hybridized carbons (Fsp3) is 0.560. The lowest BCUT2D eigenvalue weighted by Gasteiger charge is -2.36. The highest BCUT2D eigenvalue weighted by atomic mass is 16.6. The van der Waals surface area contributed by atoms with Gasteiger partial charge in [-0.3, -0.25) is 4.90 Å². The normalized spacial score (nSPS) is 18.9. The summed E-state index contributed by atoms with van der Waals surface area (Å²) in [5.41, 5.74) is 0.176. The first-order chi connectivity index (χ1) is 15.6. The van der Waals surface area contributed by atoms with Crippen molar-refractivity contribution in [3.05, 3.63) is 48.6 Å². The number of esters is 1. The second-order valence-corrected chi connectivity index (χ2v) is 9.19. The molecule has 1 aromatic carbocycles. The molecular weight excluding hydrogens is 424 g/mol. The fourth-order valence-electron chi connectivity index (χ4n) is 3.89. The van der Waals surface area contributed by atoms with Crippen LogP contribution in [-0.4, -0.2) is 65.3 Å². The van der Waals surface area contributed by atoms with Gasteiger partial charge in [0, 0.05) is 12.6 Å². The quantitative estimate of drug-likeness (QED) is 0.322. The molecule has 8 heteroatoms. The van der Waals surface area contributed by atoms with Crippen molar-refractivity contribution in [3.63, 3.8) is 0 Å². The Balaban J connectivity index is 2.22. The van der Waals surface area contributed by atoms with E-state index in [1.807, 2.05) is 51.1 Å². The van der Waals surface area contributed by atoms with E-state index in [4.69, 9.17) is 14.2 Å². The van der Waals surface area contributed by atoms with Crippen LogP contribution >= 0.6 is 0 Å². The van der Waals surface area contributed by atoms with Gasteiger partial charge in [-0.05, 0) is 52.5 Å². The zero-order valence-corrected chi connectivity index (χ0v) is 20.3. The van der Waals surface area contributed by atoms with E-state index in [1.165, 1.54) is 12.0 Å². The molecule has 8 nitrogen and oxygen atoms in total. The molecule has 1 fully saturated rings. The van der Waals surface area contributed by atoms with Gasteiger partial charge in [-0.2, -0.15) is 0 Å². The number of rotatable bonds is 8. The van der Waals surface area contributed by atoms with Crippen molar-refractivity contribution in [2.24, 2.45) is 0 Å². The van der Waals surface area contributed by atoms with Crippen LogP contribution in [0.2, 0.25) is 0 Å². The molecule has 1 aromatic rings. The number of amides is 2. The summed E-state index contributed by atoms with van der Waals surface area (Å²) in [6.07, 6.45) is 2.70. The van der Waals surface area contributed by atoms with Crippen molar-refractivity contribution in [1.29, 1.82) is 0 Å². The number of nitrogens with zero attached hydrogens (tertiary/aromatic N) is 2. The zero-order chi connectivity index (χ0) is 24.6. The van der Waals surface area contributed by atoms with Gasteiger partial charge < -0.3 is 19.1 Å². The maximum Gasteiger partial charge on any atom is 0.410 e. The number of likely N-dealkylation sites (tertiary alicyclic amines) is 1. The molecule has 1 saturated heterocycles. The Morgan fingerprint density at radius 1 is 1.18 bits per heavy atom. The highest BCUT2D eigenvalue weighted by Crippen LogP contribution is 2.30. The number of carbonyl (C=O) groups excluding carboxylic acids is 3. The van der Waals surface area contributed by atoms with E-state index in [2.05, 4.69) is 6.58 Å². The van der Waals surface area contributed by atoms with Crippen LogP contribution in [0.1, 0.15) is 52.5 Å². The van der Waals surface area contributed by atoms with Gasteiger partial charge in [0.15, 0.2) is 0 Å². The van der Waals surface area contributed by atoms with E-state index in [9.17, 15) is 14.4 Å². The van der Waals surface area contributed by atoms with Crippen LogP contribution in [0.25, 0.3) is 0 Å². The lowest BCUT2D eigenvalue weighted by Crippen LogP contribution is -2.53. The van der Waals surface area contributed by atoms with Crippen molar-refractivity contribution in [2.75, 3.05) is 13.7 Å². The summed E-state index contributed by atoms with van der Waals surface area (Å²) in [5.74, 6) is -0.559. The molecule has 0 aromatic heterocycles. The molecular formula is C25H36N2O6. The van der Waals surface area contributed by atoms with Crippen LogP contribution in [0.4, 0.5) is 9.59 Å². The molecule has 0 bridgehead atoms. The Morgan fingerprint density at radius 3 is 2.39 bits per heavy atom. The monoisotopic (exact) mass is 460 g/mol. The first kappa shape index (κ1) is 26.2. The van der Waals surface area contributed by atoms with Crippen molar-refractivity contribution in [2.45, 2.75) is 77.3 Å². The largest absolute Gasteiger partial charge is 0.467 e. The van der Waals surface area contributed by atoms with E-state index in [-0.39, 0.29) is 25.2 Å². The summed E-state index contributed by atoms with van der Waals surface area (Å²) < 4.78 is 16.0. The Bertz CT molecular complexity index is 820. The minimum Gasteiger partial charge on any atom is -0.467 e. The predicted molar refractivity (Wildman–Crippen MR) is 125 cm³/mol. The van der Waals surface area contributed by atoms with Crippen LogP contribution in [0, 0.1) is 0 Å². The summed E-state index contributed by atoms with van der Waals surface area (Å²) in [6.45, 7) is 11.0. The Hall–Kier alpha value is -3.03. The second kappa shape index (κ2) is 11.7. The van der Waals surface area contributed by atoms with E-state index in [1.54, 1.807) is 17.9 Å². The maximum atomic E-state index is 13.0. The van der Waals surface area contributed by atoms with Crippen molar-refractivity contribution < 1.29 is 28.6 Å². The number of benzene rings is 1. The Kier molecular flexibility index (Phi) is 9.32. The van der Waals surface area contributed by atoms with Crippen LogP contribution in [0.15, 0.2) is 43.0 Å². The number of hydrogen-bond donors (Lipinski definition) is 0. The van der Waals surface area contributed by atoms with Crippen molar-refractivity contribution in [1.82, 2.24) is 9.80 Å². The Labute approximate surface area is 196 Å². The van der Waals surface area contributed by atoms with Gasteiger partial charge in [0.25, 0.3) is 0 Å². The van der Waals surface area contributed by atoms with Gasteiger partial charge in [-0.15, -0.1) is 6.58 Å². The van der Waals surface area contributed by atoms with Gasteiger partial charge in [0.05, 0.1) is 13.2 Å². The lowest BCUT2D eigenvalue weighted by molar-refractivity contribution is -0.146. The summed E-state index contributed by atoms with van der Waals surface area (Å²) in [7, 11) is 1.27.